The number of thiazole rings is 1. The molecule has 1 aromatic heterocycles. The first-order valence-corrected chi connectivity index (χ1v) is 9.36. The van der Waals surface area contributed by atoms with Crippen molar-refractivity contribution in [3.8, 4) is 0 Å². The van der Waals surface area contributed by atoms with Gasteiger partial charge in [0.15, 0.2) is 5.13 Å². The van der Waals surface area contributed by atoms with E-state index in [9.17, 15) is 14.9 Å². The van der Waals surface area contributed by atoms with Crippen LogP contribution >= 0.6 is 34.5 Å². The Morgan fingerprint density at radius 3 is 2.81 bits per heavy atom. The lowest BCUT2D eigenvalue weighted by Gasteiger charge is -2.05. The Balaban J connectivity index is 1.78. The van der Waals surface area contributed by atoms with E-state index in [1.807, 2.05) is 0 Å². The van der Waals surface area contributed by atoms with Crippen molar-refractivity contribution >= 4 is 51.3 Å². The average molecular weight is 422 g/mol. The highest BCUT2D eigenvalue weighted by atomic mass is 35.5. The molecule has 6 nitrogen and oxygen atoms in total. The molecule has 3 aromatic rings. The minimum atomic E-state index is -0.577. The number of nitro benzene ring substituents is 1. The fourth-order valence-electron chi connectivity index (χ4n) is 2.56. The number of aryl methyl sites for hydroxylation is 1. The number of benzene rings is 2. The van der Waals surface area contributed by atoms with Crippen molar-refractivity contribution in [2.75, 3.05) is 5.32 Å². The van der Waals surface area contributed by atoms with Crippen molar-refractivity contribution in [3.05, 3.63) is 84.3 Å². The van der Waals surface area contributed by atoms with E-state index in [0.29, 0.717) is 27.2 Å². The third-order valence-electron chi connectivity index (χ3n) is 3.81. The van der Waals surface area contributed by atoms with Crippen LogP contribution in [-0.2, 0) is 6.42 Å². The molecule has 0 saturated heterocycles. The van der Waals surface area contributed by atoms with E-state index in [-0.39, 0.29) is 11.3 Å². The van der Waals surface area contributed by atoms with Crippen LogP contribution in [0.2, 0.25) is 10.0 Å². The van der Waals surface area contributed by atoms with E-state index < -0.39 is 10.8 Å². The lowest BCUT2D eigenvalue weighted by molar-refractivity contribution is -0.385. The van der Waals surface area contributed by atoms with Gasteiger partial charge in [0, 0.05) is 33.1 Å². The van der Waals surface area contributed by atoms with Crippen LogP contribution in [0.15, 0.2) is 42.6 Å². The van der Waals surface area contributed by atoms with E-state index in [2.05, 4.69) is 10.3 Å². The number of nitrogens with one attached hydrogen (secondary N) is 1. The van der Waals surface area contributed by atoms with Crippen LogP contribution in [0.5, 0.6) is 0 Å². The van der Waals surface area contributed by atoms with Gasteiger partial charge in [-0.3, -0.25) is 20.2 Å². The van der Waals surface area contributed by atoms with Gasteiger partial charge >= 0.3 is 0 Å². The number of carbonyl (C=O) groups is 1. The Kier molecular flexibility index (Phi) is 5.74. The summed E-state index contributed by atoms with van der Waals surface area (Å²) in [5.41, 5.74) is 1.05. The molecular formula is C18H13Cl2N3O3S. The summed E-state index contributed by atoms with van der Waals surface area (Å²) in [5, 5.41) is 15.4. The molecule has 0 saturated carbocycles. The molecule has 0 atom stereocenters. The van der Waals surface area contributed by atoms with Crippen molar-refractivity contribution in [1.82, 2.24) is 4.98 Å². The Labute approximate surface area is 168 Å². The quantitative estimate of drug-likeness (QED) is 0.434. The van der Waals surface area contributed by atoms with Crippen molar-refractivity contribution in [2.45, 2.75) is 13.3 Å². The minimum absolute atomic E-state index is 0.00497. The van der Waals surface area contributed by atoms with Gasteiger partial charge < -0.3 is 0 Å². The van der Waals surface area contributed by atoms with Crippen molar-refractivity contribution in [3.63, 3.8) is 0 Å². The molecule has 138 valence electrons. The van der Waals surface area contributed by atoms with Crippen LogP contribution in [0.25, 0.3) is 0 Å². The molecule has 0 fully saturated rings. The Morgan fingerprint density at radius 1 is 1.30 bits per heavy atom. The maximum atomic E-state index is 12.5. The SMILES string of the molecule is Cc1cccc(C(=O)Nc2ncc(Cc3cc(Cl)ccc3Cl)s2)c1[N+](=O)[O-]. The van der Waals surface area contributed by atoms with Gasteiger partial charge in [0.25, 0.3) is 11.6 Å². The Bertz CT molecular complexity index is 1040. The molecule has 0 spiro atoms. The first-order valence-electron chi connectivity index (χ1n) is 7.79. The number of hydrogen-bond acceptors (Lipinski definition) is 5. The third kappa shape index (κ3) is 4.44. The number of nitrogens with zero attached hydrogens (tertiary/aromatic N) is 2. The summed E-state index contributed by atoms with van der Waals surface area (Å²) in [6, 6.07) is 9.82. The van der Waals surface area contributed by atoms with Crippen molar-refractivity contribution in [2.24, 2.45) is 0 Å². The molecular weight excluding hydrogens is 409 g/mol. The number of anilines is 1. The normalized spacial score (nSPS) is 10.6. The van der Waals surface area contributed by atoms with Gasteiger partial charge in [0.05, 0.1) is 4.92 Å². The number of aromatic nitrogens is 1. The number of para-hydroxylation sites is 1. The first-order chi connectivity index (χ1) is 12.8. The second kappa shape index (κ2) is 8.04. The average Bonchev–Trinajstić information content (AvgIpc) is 3.04. The summed E-state index contributed by atoms with van der Waals surface area (Å²) >= 11 is 13.4. The monoisotopic (exact) mass is 421 g/mol. The van der Waals surface area contributed by atoms with Gasteiger partial charge in [-0.2, -0.15) is 0 Å². The van der Waals surface area contributed by atoms with E-state index in [0.717, 1.165) is 10.4 Å². The second-order valence-corrected chi connectivity index (χ2v) is 7.69. The summed E-state index contributed by atoms with van der Waals surface area (Å²) in [5.74, 6) is -0.577. The first kappa shape index (κ1) is 19.3. The maximum absolute atomic E-state index is 12.5. The number of carbonyl (C=O) groups excluding carboxylic acids is 1. The molecule has 1 N–H and O–H groups in total. The molecule has 0 unspecified atom stereocenters. The van der Waals surface area contributed by atoms with Crippen molar-refractivity contribution in [1.29, 1.82) is 0 Å². The van der Waals surface area contributed by atoms with E-state index in [1.54, 1.807) is 43.5 Å². The highest BCUT2D eigenvalue weighted by Crippen LogP contribution is 2.28. The highest BCUT2D eigenvalue weighted by molar-refractivity contribution is 7.15. The lowest BCUT2D eigenvalue weighted by atomic mass is 10.1. The van der Waals surface area contributed by atoms with Gasteiger partial charge in [-0.15, -0.1) is 11.3 Å². The summed E-state index contributed by atoms with van der Waals surface area (Å²) in [6.45, 7) is 1.59. The number of rotatable bonds is 5. The highest BCUT2D eigenvalue weighted by Gasteiger charge is 2.23. The Morgan fingerprint density at radius 2 is 2.07 bits per heavy atom. The molecule has 0 aliphatic carbocycles. The minimum Gasteiger partial charge on any atom is -0.298 e. The topological polar surface area (TPSA) is 85.1 Å². The summed E-state index contributed by atoms with van der Waals surface area (Å²) in [4.78, 5) is 28.2. The molecule has 1 amide bonds. The fraction of sp³-hybridized carbons (Fsp3) is 0.111. The molecule has 0 aliphatic rings. The Hall–Kier alpha value is -2.48. The van der Waals surface area contributed by atoms with Gasteiger partial charge in [-0.1, -0.05) is 35.3 Å². The van der Waals surface area contributed by atoms with Gasteiger partial charge in [-0.05, 0) is 36.8 Å². The predicted octanol–water partition coefficient (Wildman–Crippen LogP) is 5.51. The largest absolute Gasteiger partial charge is 0.298 e. The molecule has 3 rings (SSSR count). The molecule has 9 heteroatoms. The zero-order valence-electron chi connectivity index (χ0n) is 14.0. The molecule has 27 heavy (non-hydrogen) atoms. The lowest BCUT2D eigenvalue weighted by Crippen LogP contribution is -2.14. The molecule has 2 aromatic carbocycles. The van der Waals surface area contributed by atoms with Gasteiger partial charge in [0.2, 0.25) is 0 Å². The number of nitro groups is 1. The van der Waals surface area contributed by atoms with Crippen LogP contribution in [0, 0.1) is 17.0 Å². The zero-order valence-corrected chi connectivity index (χ0v) is 16.4. The second-order valence-electron chi connectivity index (χ2n) is 5.73. The fourth-order valence-corrected chi connectivity index (χ4v) is 3.77. The van der Waals surface area contributed by atoms with Crippen LogP contribution in [0.3, 0.4) is 0 Å². The van der Waals surface area contributed by atoms with E-state index >= 15 is 0 Å². The van der Waals surface area contributed by atoms with Crippen LogP contribution in [0.1, 0.15) is 26.4 Å². The number of halogens is 2. The molecule has 0 bridgehead atoms. The van der Waals surface area contributed by atoms with Crippen LogP contribution < -0.4 is 5.32 Å². The van der Waals surface area contributed by atoms with Crippen molar-refractivity contribution < 1.29 is 9.72 Å². The zero-order chi connectivity index (χ0) is 19.6. The standard InChI is InChI=1S/C18H13Cl2N3O3S/c1-10-3-2-4-14(16(10)23(25)26)17(24)22-18-21-9-13(27-18)8-11-7-12(19)5-6-15(11)20/h2-7,9H,8H2,1H3,(H,21,22,24). The smallest absolute Gasteiger partial charge is 0.285 e. The predicted molar refractivity (Wildman–Crippen MR) is 107 cm³/mol. The molecule has 0 aliphatic heterocycles. The van der Waals surface area contributed by atoms with E-state index in [4.69, 9.17) is 23.2 Å². The summed E-state index contributed by atoms with van der Waals surface area (Å²) in [6.07, 6.45) is 2.14. The number of amides is 1. The van der Waals surface area contributed by atoms with Gasteiger partial charge in [0.1, 0.15) is 5.56 Å². The van der Waals surface area contributed by atoms with Gasteiger partial charge in [-0.25, -0.2) is 4.98 Å². The van der Waals surface area contributed by atoms with Crippen LogP contribution in [0.4, 0.5) is 10.8 Å². The molecule has 0 radical (unpaired) electrons. The number of hydrogen-bond donors (Lipinski definition) is 1. The maximum Gasteiger partial charge on any atom is 0.285 e. The summed E-state index contributed by atoms with van der Waals surface area (Å²) in [7, 11) is 0. The van der Waals surface area contributed by atoms with Crippen LogP contribution in [-0.4, -0.2) is 15.8 Å². The third-order valence-corrected chi connectivity index (χ3v) is 5.33. The summed E-state index contributed by atoms with van der Waals surface area (Å²) < 4.78 is 0. The van der Waals surface area contributed by atoms with E-state index in [1.165, 1.54) is 17.4 Å². The molecule has 1 heterocycles.